The highest BCUT2D eigenvalue weighted by Crippen LogP contribution is 2.26. The lowest BCUT2D eigenvalue weighted by Gasteiger charge is -2.19. The molecule has 0 radical (unpaired) electrons. The Morgan fingerprint density at radius 2 is 2.20 bits per heavy atom. The molecule has 6 heteroatoms. The maximum atomic E-state index is 14.2. The minimum atomic E-state index is -0.241. The van der Waals surface area contributed by atoms with E-state index in [-0.39, 0.29) is 11.9 Å². The molecule has 20 heavy (non-hydrogen) atoms. The van der Waals surface area contributed by atoms with Crippen LogP contribution in [0.3, 0.4) is 0 Å². The van der Waals surface area contributed by atoms with Gasteiger partial charge in [-0.05, 0) is 25.1 Å². The first kappa shape index (κ1) is 15.1. The van der Waals surface area contributed by atoms with E-state index >= 15 is 0 Å². The Morgan fingerprint density at radius 3 is 2.85 bits per heavy atom. The quantitative estimate of drug-likeness (QED) is 0.877. The largest absolute Gasteiger partial charge is 0.305 e. The average Bonchev–Trinajstić information content (AvgIpc) is 2.85. The summed E-state index contributed by atoms with van der Waals surface area (Å²) in [7, 11) is 0. The van der Waals surface area contributed by atoms with Crippen molar-refractivity contribution < 1.29 is 4.39 Å². The summed E-state index contributed by atoms with van der Waals surface area (Å²) in [5.74, 6) is -0.241. The van der Waals surface area contributed by atoms with E-state index in [0.29, 0.717) is 5.56 Å². The van der Waals surface area contributed by atoms with Crippen molar-refractivity contribution >= 4 is 15.9 Å². The van der Waals surface area contributed by atoms with Crippen LogP contribution in [0.4, 0.5) is 4.39 Å². The number of benzene rings is 1. The highest BCUT2D eigenvalue weighted by molar-refractivity contribution is 9.10. The normalized spacial score (nSPS) is 12.6. The van der Waals surface area contributed by atoms with E-state index in [1.54, 1.807) is 12.3 Å². The Balaban J connectivity index is 2.42. The van der Waals surface area contributed by atoms with Gasteiger partial charge in [0.15, 0.2) is 0 Å². The lowest BCUT2D eigenvalue weighted by molar-refractivity contribution is 0.496. The standard InChI is InChI=1S/C14H18BrFN4/c1-3-7-20-13(9-18-19-20)14(17-4-2)11-6-5-10(15)8-12(11)16/h5-6,8-9,14,17H,3-4,7H2,1-2H3. The molecular formula is C14H18BrFN4. The van der Waals surface area contributed by atoms with Gasteiger partial charge < -0.3 is 5.32 Å². The second kappa shape index (κ2) is 6.95. The van der Waals surface area contributed by atoms with E-state index < -0.39 is 0 Å². The molecule has 1 N–H and O–H groups in total. The zero-order chi connectivity index (χ0) is 14.5. The monoisotopic (exact) mass is 340 g/mol. The molecule has 0 bridgehead atoms. The number of hydrogen-bond acceptors (Lipinski definition) is 3. The van der Waals surface area contributed by atoms with Crippen LogP contribution in [-0.4, -0.2) is 21.5 Å². The molecule has 4 nitrogen and oxygen atoms in total. The molecule has 108 valence electrons. The SMILES string of the molecule is CCCn1nncc1C(NCC)c1ccc(Br)cc1F. The zero-order valence-electron chi connectivity index (χ0n) is 11.6. The third-order valence-corrected chi connectivity index (χ3v) is 3.55. The Hall–Kier alpha value is -1.27. The van der Waals surface area contributed by atoms with Gasteiger partial charge in [-0.1, -0.05) is 41.1 Å². The van der Waals surface area contributed by atoms with Crippen LogP contribution in [-0.2, 0) is 6.54 Å². The molecule has 2 rings (SSSR count). The first-order chi connectivity index (χ1) is 9.67. The summed E-state index contributed by atoms with van der Waals surface area (Å²) >= 11 is 3.28. The lowest BCUT2D eigenvalue weighted by atomic mass is 10.0. The van der Waals surface area contributed by atoms with E-state index in [9.17, 15) is 4.39 Å². The number of nitrogens with zero attached hydrogens (tertiary/aromatic N) is 3. The van der Waals surface area contributed by atoms with Crippen LogP contribution in [0.1, 0.15) is 37.6 Å². The fourth-order valence-corrected chi connectivity index (χ4v) is 2.52. The molecule has 0 saturated carbocycles. The van der Waals surface area contributed by atoms with Crippen LogP contribution >= 0.6 is 15.9 Å². The Morgan fingerprint density at radius 1 is 1.40 bits per heavy atom. The van der Waals surface area contributed by atoms with Crippen LogP contribution in [0.25, 0.3) is 0 Å². The molecule has 1 unspecified atom stereocenters. The number of aromatic nitrogens is 3. The number of nitrogens with one attached hydrogen (secondary N) is 1. The summed E-state index contributed by atoms with van der Waals surface area (Å²) in [5, 5.41) is 11.3. The minimum absolute atomic E-state index is 0.241. The van der Waals surface area contributed by atoms with E-state index in [0.717, 1.165) is 29.7 Å². The van der Waals surface area contributed by atoms with Gasteiger partial charge in [-0.25, -0.2) is 9.07 Å². The second-order valence-corrected chi connectivity index (χ2v) is 5.45. The number of hydrogen-bond donors (Lipinski definition) is 1. The van der Waals surface area contributed by atoms with Gasteiger partial charge in [-0.3, -0.25) is 0 Å². The van der Waals surface area contributed by atoms with Gasteiger partial charge in [0.25, 0.3) is 0 Å². The van der Waals surface area contributed by atoms with Crippen LogP contribution < -0.4 is 5.32 Å². The van der Waals surface area contributed by atoms with Crippen molar-refractivity contribution in [2.75, 3.05) is 6.54 Å². The molecule has 0 spiro atoms. The molecule has 0 amide bonds. The second-order valence-electron chi connectivity index (χ2n) is 4.54. The van der Waals surface area contributed by atoms with Crippen LogP contribution in [0.15, 0.2) is 28.9 Å². The van der Waals surface area contributed by atoms with Crippen molar-refractivity contribution in [3.05, 3.63) is 45.9 Å². The maximum Gasteiger partial charge on any atom is 0.129 e. The number of aryl methyl sites for hydroxylation is 1. The summed E-state index contributed by atoms with van der Waals surface area (Å²) in [4.78, 5) is 0. The highest BCUT2D eigenvalue weighted by Gasteiger charge is 2.21. The Kier molecular flexibility index (Phi) is 5.25. The van der Waals surface area contributed by atoms with Crippen LogP contribution in [0, 0.1) is 5.82 Å². The lowest BCUT2D eigenvalue weighted by Crippen LogP contribution is -2.25. The Labute approximate surface area is 126 Å². The molecule has 0 aliphatic carbocycles. The van der Waals surface area contributed by atoms with Gasteiger partial charge in [-0.15, -0.1) is 5.10 Å². The van der Waals surface area contributed by atoms with Gasteiger partial charge in [0.1, 0.15) is 5.82 Å². The van der Waals surface area contributed by atoms with Crippen LogP contribution in [0.2, 0.25) is 0 Å². The molecule has 0 saturated heterocycles. The summed E-state index contributed by atoms with van der Waals surface area (Å²) in [5.41, 5.74) is 1.49. The molecule has 0 aliphatic heterocycles. The van der Waals surface area contributed by atoms with Crippen molar-refractivity contribution in [2.24, 2.45) is 0 Å². The van der Waals surface area contributed by atoms with Crippen molar-refractivity contribution in [1.82, 2.24) is 20.3 Å². The first-order valence-electron chi connectivity index (χ1n) is 6.74. The van der Waals surface area contributed by atoms with Crippen molar-refractivity contribution in [1.29, 1.82) is 0 Å². The van der Waals surface area contributed by atoms with Crippen molar-refractivity contribution in [3.8, 4) is 0 Å². The molecule has 1 atom stereocenters. The zero-order valence-corrected chi connectivity index (χ0v) is 13.2. The fraction of sp³-hybridized carbons (Fsp3) is 0.429. The minimum Gasteiger partial charge on any atom is -0.305 e. The predicted octanol–water partition coefficient (Wildman–Crippen LogP) is 3.29. The number of halogens is 2. The summed E-state index contributed by atoms with van der Waals surface area (Å²) in [6.07, 6.45) is 2.66. The van der Waals surface area contributed by atoms with Crippen LogP contribution in [0.5, 0.6) is 0 Å². The molecule has 2 aromatic rings. The molecule has 1 aromatic heterocycles. The molecule has 1 heterocycles. The van der Waals surface area contributed by atoms with Gasteiger partial charge in [0.05, 0.1) is 17.9 Å². The maximum absolute atomic E-state index is 14.2. The van der Waals surface area contributed by atoms with E-state index in [1.165, 1.54) is 6.07 Å². The first-order valence-corrected chi connectivity index (χ1v) is 7.53. The van der Waals surface area contributed by atoms with E-state index in [2.05, 4.69) is 38.5 Å². The third-order valence-electron chi connectivity index (χ3n) is 3.06. The topological polar surface area (TPSA) is 42.7 Å². The molecular weight excluding hydrogens is 323 g/mol. The highest BCUT2D eigenvalue weighted by atomic mass is 79.9. The molecule has 0 aliphatic rings. The fourth-order valence-electron chi connectivity index (χ4n) is 2.19. The van der Waals surface area contributed by atoms with Gasteiger partial charge >= 0.3 is 0 Å². The summed E-state index contributed by atoms with van der Waals surface area (Å²) in [6, 6.07) is 4.87. The summed E-state index contributed by atoms with van der Waals surface area (Å²) in [6.45, 7) is 5.58. The van der Waals surface area contributed by atoms with E-state index in [1.807, 2.05) is 17.7 Å². The molecule has 0 fully saturated rings. The van der Waals surface area contributed by atoms with Crippen molar-refractivity contribution in [2.45, 2.75) is 32.9 Å². The van der Waals surface area contributed by atoms with Crippen molar-refractivity contribution in [3.63, 3.8) is 0 Å². The smallest absolute Gasteiger partial charge is 0.129 e. The predicted molar refractivity (Wildman–Crippen MR) is 79.9 cm³/mol. The Bertz CT molecular complexity index is 570. The van der Waals surface area contributed by atoms with E-state index in [4.69, 9.17) is 0 Å². The number of rotatable bonds is 6. The third kappa shape index (κ3) is 3.24. The van der Waals surface area contributed by atoms with Gasteiger partial charge in [0.2, 0.25) is 0 Å². The molecule has 1 aromatic carbocycles. The average molecular weight is 341 g/mol. The van der Waals surface area contributed by atoms with Gasteiger partial charge in [0, 0.05) is 16.6 Å². The van der Waals surface area contributed by atoms with Gasteiger partial charge in [-0.2, -0.15) is 0 Å². The summed E-state index contributed by atoms with van der Waals surface area (Å²) < 4.78 is 16.8.